The molecule has 0 aromatic heterocycles. The smallest absolute Gasteiger partial charge is 0.466 e. The Bertz CT molecular complexity index is 974. The first-order valence-electron chi connectivity index (χ1n) is 10.3. The molecular formula is C23H33N2O7PS. The Morgan fingerprint density at radius 1 is 1.00 bits per heavy atom. The molecular weight excluding hydrogens is 479 g/mol. The van der Waals surface area contributed by atoms with Gasteiger partial charge in [0, 0.05) is 11.8 Å². The number of thioether (sulfide) groups is 1. The lowest BCUT2D eigenvalue weighted by Crippen LogP contribution is -2.17. The van der Waals surface area contributed by atoms with E-state index in [9.17, 15) is 0 Å². The van der Waals surface area contributed by atoms with Crippen LogP contribution in [0.15, 0.2) is 41.4 Å². The lowest BCUT2D eigenvalue weighted by molar-refractivity contribution is 0.275. The maximum Gasteiger partial charge on any atom is 0.466 e. The van der Waals surface area contributed by atoms with Crippen LogP contribution in [0, 0.1) is 6.92 Å². The van der Waals surface area contributed by atoms with Crippen LogP contribution < -0.4 is 19.9 Å². The molecule has 0 radical (unpaired) electrons. The summed E-state index contributed by atoms with van der Waals surface area (Å²) in [5, 5.41) is 1.43. The van der Waals surface area contributed by atoms with Gasteiger partial charge in [-0.3, -0.25) is 4.99 Å². The number of ether oxygens (including phenoxy) is 3. The molecule has 0 bridgehead atoms. The number of nitrogens with two attached hydrogens (primary N) is 1. The highest BCUT2D eigenvalue weighted by Crippen LogP contribution is 2.38. The van der Waals surface area contributed by atoms with Crippen molar-refractivity contribution < 1.29 is 33.5 Å². The fourth-order valence-corrected chi connectivity index (χ4v) is 3.53. The molecule has 11 heteroatoms. The predicted molar refractivity (Wildman–Crippen MR) is 139 cm³/mol. The van der Waals surface area contributed by atoms with Crippen LogP contribution in [0.2, 0.25) is 0 Å². The van der Waals surface area contributed by atoms with Gasteiger partial charge in [-0.2, -0.15) is 0 Å². The van der Waals surface area contributed by atoms with E-state index in [1.807, 2.05) is 18.2 Å². The fraction of sp³-hybridized carbons (Fsp3) is 0.348. The largest absolute Gasteiger partial charge is 0.493 e. The van der Waals surface area contributed by atoms with E-state index in [4.69, 9.17) is 39.2 Å². The van der Waals surface area contributed by atoms with E-state index in [1.165, 1.54) is 12.0 Å². The van der Waals surface area contributed by atoms with E-state index in [-0.39, 0.29) is 0 Å². The van der Waals surface area contributed by atoms with Crippen molar-refractivity contribution in [3.05, 3.63) is 53.1 Å². The molecule has 188 valence electrons. The Hall–Kier alpha value is -2.49. The molecule has 5 N–H and O–H groups in total. The monoisotopic (exact) mass is 512 g/mol. The van der Waals surface area contributed by atoms with Crippen LogP contribution in [-0.2, 0) is 4.57 Å². The van der Waals surface area contributed by atoms with E-state index in [1.54, 1.807) is 33.1 Å². The third kappa shape index (κ3) is 12.1. The summed E-state index contributed by atoms with van der Waals surface area (Å²) in [6.45, 7) is 5.17. The number of rotatable bonds is 5. The van der Waals surface area contributed by atoms with Crippen molar-refractivity contribution in [3.63, 3.8) is 0 Å². The highest BCUT2D eigenvalue weighted by atomic mass is 32.2. The second kappa shape index (κ2) is 14.7. The van der Waals surface area contributed by atoms with Gasteiger partial charge in [-0.25, -0.2) is 4.57 Å². The molecule has 0 saturated heterocycles. The summed E-state index contributed by atoms with van der Waals surface area (Å²) in [4.78, 5) is 25.6. The number of methoxy groups -OCH3 is 3. The number of hydrogen-bond acceptors (Lipinski definition) is 7. The summed E-state index contributed by atoms with van der Waals surface area (Å²) in [5.74, 6) is 1.91. The maximum atomic E-state index is 8.88. The normalized spacial score (nSPS) is 15.3. The zero-order valence-corrected chi connectivity index (χ0v) is 21.7. The van der Waals surface area contributed by atoms with Gasteiger partial charge in [-0.15, -0.1) is 0 Å². The average Bonchev–Trinajstić information content (AvgIpc) is 2.77. The van der Waals surface area contributed by atoms with E-state index in [2.05, 4.69) is 49.2 Å². The van der Waals surface area contributed by atoms with Crippen molar-refractivity contribution in [1.82, 2.24) is 0 Å². The first-order chi connectivity index (χ1) is 16.0. The number of amidine groups is 1. The number of aliphatic imine (C=N–C) groups is 1. The molecule has 1 aliphatic heterocycles. The van der Waals surface area contributed by atoms with Gasteiger partial charge in [-0.05, 0) is 36.6 Å². The van der Waals surface area contributed by atoms with Gasteiger partial charge < -0.3 is 34.6 Å². The Labute approximate surface area is 204 Å². The summed E-state index contributed by atoms with van der Waals surface area (Å²) >= 11 is 1.67. The third-order valence-electron chi connectivity index (χ3n) is 4.36. The van der Waals surface area contributed by atoms with Crippen LogP contribution in [-0.4, -0.2) is 53.0 Å². The number of aryl methyl sites for hydroxylation is 1. The molecule has 0 spiro atoms. The highest BCUT2D eigenvalue weighted by molar-refractivity contribution is 8.14. The predicted octanol–water partition coefficient (Wildman–Crippen LogP) is 4.09. The minimum absolute atomic E-state index is 0.604. The van der Waals surface area contributed by atoms with Gasteiger partial charge in [0.1, 0.15) is 0 Å². The lowest BCUT2D eigenvalue weighted by Gasteiger charge is -2.13. The minimum Gasteiger partial charge on any atom is -0.493 e. The van der Waals surface area contributed by atoms with E-state index in [0.29, 0.717) is 22.5 Å². The van der Waals surface area contributed by atoms with E-state index >= 15 is 0 Å². The van der Waals surface area contributed by atoms with Gasteiger partial charge in [-0.1, -0.05) is 60.7 Å². The van der Waals surface area contributed by atoms with Crippen LogP contribution in [0.3, 0.4) is 0 Å². The van der Waals surface area contributed by atoms with Crippen molar-refractivity contribution in [3.8, 4) is 17.2 Å². The molecule has 2 aromatic rings. The highest BCUT2D eigenvalue weighted by Gasteiger charge is 2.12. The molecule has 0 aliphatic carbocycles. The molecule has 0 amide bonds. The van der Waals surface area contributed by atoms with E-state index < -0.39 is 7.82 Å². The number of hydrogen-bond donors (Lipinski definition) is 4. The fourth-order valence-electron chi connectivity index (χ4n) is 2.73. The summed E-state index contributed by atoms with van der Waals surface area (Å²) < 4.78 is 24.9. The van der Waals surface area contributed by atoms with Crippen molar-refractivity contribution >= 4 is 36.9 Å². The molecule has 2 aromatic carbocycles. The molecule has 1 aliphatic rings. The average molecular weight is 513 g/mol. The summed E-state index contributed by atoms with van der Waals surface area (Å²) in [6.07, 6.45) is 5.25. The number of benzene rings is 2. The molecule has 34 heavy (non-hydrogen) atoms. The first-order valence-corrected chi connectivity index (χ1v) is 12.7. The quantitative estimate of drug-likeness (QED) is 0.344. The Kier molecular flexibility index (Phi) is 12.8. The third-order valence-corrected chi connectivity index (χ3v) is 5.37. The Morgan fingerprint density at radius 3 is 1.88 bits per heavy atom. The minimum atomic E-state index is -4.64. The van der Waals surface area contributed by atoms with Gasteiger partial charge >= 0.3 is 7.82 Å². The zero-order valence-electron chi connectivity index (χ0n) is 20.0. The van der Waals surface area contributed by atoms with Crippen LogP contribution in [0.5, 0.6) is 17.2 Å². The summed E-state index contributed by atoms with van der Waals surface area (Å²) in [7, 11) is 0.192. The Morgan fingerprint density at radius 2 is 1.50 bits per heavy atom. The second-order valence-electron chi connectivity index (χ2n) is 7.15. The molecule has 0 saturated carbocycles. The van der Waals surface area contributed by atoms with Gasteiger partial charge in [0.15, 0.2) is 16.7 Å². The zero-order chi connectivity index (χ0) is 25.7. The maximum absolute atomic E-state index is 8.88. The van der Waals surface area contributed by atoms with Crippen LogP contribution in [0.1, 0.15) is 30.0 Å². The lowest BCUT2D eigenvalue weighted by atomic mass is 10.1. The number of nitrogens with zero attached hydrogens (tertiary/aromatic N) is 1. The molecule has 9 nitrogen and oxygen atoms in total. The standard InChI is InChI=1S/C18H20O3.C5H10N2S.H3O4P/c1-13-5-7-14(8-6-13)9-10-15-11-16(19-2)18(21-4)17(12-15)20-3;1-4-2-3-7-5(6)8-4;1-5(2,3)4/h5-12H,1-4H3;4H,2-3H2,1H3,(H2,6,7);(H3,1,2,3,4)/b10-9-;;. The van der Waals surface area contributed by atoms with Crippen LogP contribution in [0.4, 0.5) is 0 Å². The summed E-state index contributed by atoms with van der Waals surface area (Å²) in [5.41, 5.74) is 8.83. The molecule has 1 atom stereocenters. The molecule has 0 fully saturated rings. The molecule has 1 heterocycles. The summed E-state index contributed by atoms with van der Waals surface area (Å²) in [6, 6.07) is 12.2. The first kappa shape index (κ1) is 29.5. The van der Waals surface area contributed by atoms with Crippen molar-refractivity contribution in [2.24, 2.45) is 10.7 Å². The van der Waals surface area contributed by atoms with Gasteiger partial charge in [0.25, 0.3) is 0 Å². The van der Waals surface area contributed by atoms with Crippen LogP contribution in [0.25, 0.3) is 12.2 Å². The number of phosphoric acid groups is 1. The van der Waals surface area contributed by atoms with E-state index in [0.717, 1.165) is 22.8 Å². The molecule has 3 rings (SSSR count). The topological polar surface area (TPSA) is 144 Å². The van der Waals surface area contributed by atoms with Crippen LogP contribution >= 0.6 is 19.6 Å². The SMILES string of the molecule is CC1CCN=C(N)S1.COc1cc(/C=C\c2ccc(C)cc2)cc(OC)c1OC.O=P(O)(O)O. The van der Waals surface area contributed by atoms with Gasteiger partial charge in [0.2, 0.25) is 5.75 Å². The van der Waals surface area contributed by atoms with Gasteiger partial charge in [0.05, 0.1) is 21.3 Å². The Balaban J connectivity index is 0.000000363. The second-order valence-corrected chi connectivity index (χ2v) is 9.64. The molecule has 1 unspecified atom stereocenters. The van der Waals surface area contributed by atoms with Crippen molar-refractivity contribution in [2.45, 2.75) is 25.5 Å². The van der Waals surface area contributed by atoms with Crippen molar-refractivity contribution in [2.75, 3.05) is 27.9 Å². The van der Waals surface area contributed by atoms with Crippen molar-refractivity contribution in [1.29, 1.82) is 0 Å².